The molecule has 2 amide bonds. The molecule has 1 aromatic carbocycles. The van der Waals surface area contributed by atoms with Crippen LogP contribution in [0.1, 0.15) is 37.7 Å². The van der Waals surface area contributed by atoms with Crippen molar-refractivity contribution in [2.24, 2.45) is 5.16 Å². The van der Waals surface area contributed by atoms with Gasteiger partial charge in [0.2, 0.25) is 0 Å². The molecule has 0 atom stereocenters. The predicted molar refractivity (Wildman–Crippen MR) is 82.2 cm³/mol. The summed E-state index contributed by atoms with van der Waals surface area (Å²) >= 11 is 0. The molecular formula is C16H21N3O2. The highest BCUT2D eigenvalue weighted by Gasteiger charge is 2.29. The Morgan fingerprint density at radius 3 is 2.48 bits per heavy atom. The first kappa shape index (κ1) is 13.9. The molecule has 0 unspecified atom stereocenters. The Kier molecular flexibility index (Phi) is 4.08. The van der Waals surface area contributed by atoms with E-state index in [-0.39, 0.29) is 6.03 Å². The van der Waals surface area contributed by atoms with Crippen LogP contribution < -0.4 is 4.90 Å². The minimum atomic E-state index is 0.0846. The molecule has 2 heterocycles. The Hall–Kier alpha value is -2.04. The van der Waals surface area contributed by atoms with Crippen LogP contribution in [-0.2, 0) is 0 Å². The number of anilines is 1. The van der Waals surface area contributed by atoms with Crippen LogP contribution in [0.3, 0.4) is 0 Å². The van der Waals surface area contributed by atoms with E-state index >= 15 is 0 Å². The molecule has 0 aromatic heterocycles. The zero-order valence-corrected chi connectivity index (χ0v) is 12.2. The van der Waals surface area contributed by atoms with Crippen molar-refractivity contribution in [3.05, 3.63) is 29.8 Å². The predicted octanol–water partition coefficient (Wildman–Crippen LogP) is 3.07. The number of benzene rings is 1. The normalized spacial score (nSPS) is 21.0. The highest BCUT2D eigenvalue weighted by molar-refractivity contribution is 6.10. The maximum Gasteiger partial charge on any atom is 0.324 e. The van der Waals surface area contributed by atoms with Gasteiger partial charge in [-0.1, -0.05) is 36.2 Å². The average Bonchev–Trinajstić information content (AvgIpc) is 2.82. The Bertz CT molecular complexity index is 548. The van der Waals surface area contributed by atoms with Crippen molar-refractivity contribution in [1.82, 2.24) is 4.90 Å². The number of para-hydroxylation sites is 1. The molecule has 0 saturated carbocycles. The van der Waals surface area contributed by atoms with Crippen LogP contribution in [0.15, 0.2) is 29.4 Å². The molecule has 21 heavy (non-hydrogen) atoms. The van der Waals surface area contributed by atoms with Gasteiger partial charge in [-0.15, -0.1) is 0 Å². The van der Waals surface area contributed by atoms with E-state index in [1.54, 1.807) is 0 Å². The lowest BCUT2D eigenvalue weighted by molar-refractivity contribution is 0.206. The zero-order valence-electron chi connectivity index (χ0n) is 12.2. The number of fused-ring (bicyclic) bond motifs is 1. The minimum absolute atomic E-state index is 0.0846. The summed E-state index contributed by atoms with van der Waals surface area (Å²) in [5, 5.41) is 12.5. The first-order chi connectivity index (χ1) is 10.3. The first-order valence-corrected chi connectivity index (χ1v) is 7.68. The lowest BCUT2D eigenvalue weighted by atomic mass is 10.00. The fourth-order valence-electron chi connectivity index (χ4n) is 3.16. The van der Waals surface area contributed by atoms with Crippen LogP contribution in [0.2, 0.25) is 0 Å². The summed E-state index contributed by atoms with van der Waals surface area (Å²) in [7, 11) is 0. The number of likely N-dealkylation sites (tertiary alicyclic amines) is 1. The maximum absolute atomic E-state index is 12.8. The molecule has 5 heteroatoms. The molecule has 1 aromatic rings. The molecule has 1 fully saturated rings. The number of oxime groups is 1. The number of nitrogens with zero attached hydrogens (tertiary/aromatic N) is 3. The molecule has 112 valence electrons. The van der Waals surface area contributed by atoms with E-state index < -0.39 is 0 Å². The lowest BCUT2D eigenvalue weighted by Crippen LogP contribution is -2.46. The van der Waals surface area contributed by atoms with Gasteiger partial charge in [0.1, 0.15) is 0 Å². The van der Waals surface area contributed by atoms with Crippen molar-refractivity contribution >= 4 is 17.4 Å². The van der Waals surface area contributed by atoms with E-state index in [9.17, 15) is 4.79 Å². The fourth-order valence-corrected chi connectivity index (χ4v) is 3.16. The Morgan fingerprint density at radius 1 is 1.05 bits per heavy atom. The van der Waals surface area contributed by atoms with Crippen molar-refractivity contribution in [1.29, 1.82) is 0 Å². The van der Waals surface area contributed by atoms with Crippen molar-refractivity contribution in [2.45, 2.75) is 32.1 Å². The molecule has 0 aliphatic carbocycles. The third-order valence-corrected chi connectivity index (χ3v) is 4.31. The first-order valence-electron chi connectivity index (χ1n) is 7.68. The summed E-state index contributed by atoms with van der Waals surface area (Å²) in [4.78, 5) is 16.6. The topological polar surface area (TPSA) is 56.1 Å². The van der Waals surface area contributed by atoms with E-state index in [1.165, 1.54) is 12.8 Å². The molecule has 0 bridgehead atoms. The number of carbonyl (C=O) groups excluding carboxylic acids is 1. The van der Waals surface area contributed by atoms with Gasteiger partial charge in [0.15, 0.2) is 0 Å². The van der Waals surface area contributed by atoms with Crippen LogP contribution >= 0.6 is 0 Å². The number of carbonyl (C=O) groups is 1. The molecule has 0 radical (unpaired) electrons. The number of amides is 2. The van der Waals surface area contributed by atoms with Crippen molar-refractivity contribution in [3.8, 4) is 0 Å². The highest BCUT2D eigenvalue weighted by atomic mass is 16.4. The lowest BCUT2D eigenvalue weighted by Gasteiger charge is -2.34. The average molecular weight is 287 g/mol. The summed E-state index contributed by atoms with van der Waals surface area (Å²) in [5.41, 5.74) is 2.37. The summed E-state index contributed by atoms with van der Waals surface area (Å²) in [5.74, 6) is 0. The van der Waals surface area contributed by atoms with E-state index in [0.29, 0.717) is 18.7 Å². The standard InChI is InChI=1S/C16H21N3O2/c20-16(18-10-5-1-2-6-11-18)19-12-9-14(17-21)13-7-3-4-8-15(13)19/h3-4,7-8,21H,1-2,5-6,9-12H2. The molecule has 1 saturated heterocycles. The Morgan fingerprint density at radius 2 is 1.76 bits per heavy atom. The van der Waals surface area contributed by atoms with Gasteiger partial charge in [-0.3, -0.25) is 4.90 Å². The molecule has 1 N–H and O–H groups in total. The summed E-state index contributed by atoms with van der Waals surface area (Å²) in [6, 6.07) is 7.74. The van der Waals surface area contributed by atoms with E-state index in [1.807, 2.05) is 34.1 Å². The van der Waals surface area contributed by atoms with Crippen molar-refractivity contribution < 1.29 is 10.0 Å². The van der Waals surface area contributed by atoms with Gasteiger partial charge >= 0.3 is 6.03 Å². The second-order valence-corrected chi connectivity index (χ2v) is 5.65. The number of hydrogen-bond donors (Lipinski definition) is 1. The second kappa shape index (κ2) is 6.16. The maximum atomic E-state index is 12.8. The molecule has 0 spiro atoms. The summed E-state index contributed by atoms with van der Waals surface area (Å²) < 4.78 is 0. The summed E-state index contributed by atoms with van der Waals surface area (Å²) in [6.45, 7) is 2.27. The van der Waals surface area contributed by atoms with Gasteiger partial charge in [-0.25, -0.2) is 4.79 Å². The number of hydrogen-bond acceptors (Lipinski definition) is 3. The Balaban J connectivity index is 1.87. The molecule has 2 aliphatic rings. The second-order valence-electron chi connectivity index (χ2n) is 5.65. The highest BCUT2D eigenvalue weighted by Crippen LogP contribution is 2.28. The largest absolute Gasteiger partial charge is 0.411 e. The van der Waals surface area contributed by atoms with Gasteiger partial charge in [-0.2, -0.15) is 0 Å². The van der Waals surface area contributed by atoms with Crippen LogP contribution in [-0.4, -0.2) is 41.5 Å². The minimum Gasteiger partial charge on any atom is -0.411 e. The fraction of sp³-hybridized carbons (Fsp3) is 0.500. The van der Waals surface area contributed by atoms with Crippen molar-refractivity contribution in [3.63, 3.8) is 0 Å². The third kappa shape index (κ3) is 2.73. The van der Waals surface area contributed by atoms with Crippen LogP contribution in [0.5, 0.6) is 0 Å². The van der Waals surface area contributed by atoms with Gasteiger partial charge in [0.25, 0.3) is 0 Å². The summed E-state index contributed by atoms with van der Waals surface area (Å²) in [6.07, 6.45) is 5.19. The third-order valence-electron chi connectivity index (χ3n) is 4.31. The SMILES string of the molecule is O=C(N1CCCCCC1)N1CCC(=NO)c2ccccc21. The van der Waals surface area contributed by atoms with Gasteiger partial charge in [0, 0.05) is 31.6 Å². The molecule has 5 nitrogen and oxygen atoms in total. The van der Waals surface area contributed by atoms with Crippen LogP contribution in [0.25, 0.3) is 0 Å². The monoisotopic (exact) mass is 287 g/mol. The smallest absolute Gasteiger partial charge is 0.324 e. The Labute approximate surface area is 124 Å². The van der Waals surface area contributed by atoms with E-state index in [4.69, 9.17) is 5.21 Å². The molecular weight excluding hydrogens is 266 g/mol. The van der Waals surface area contributed by atoms with Gasteiger partial charge < -0.3 is 10.1 Å². The molecule has 3 rings (SSSR count). The quantitative estimate of drug-likeness (QED) is 0.589. The van der Waals surface area contributed by atoms with Crippen molar-refractivity contribution in [2.75, 3.05) is 24.5 Å². The van der Waals surface area contributed by atoms with E-state index in [0.717, 1.165) is 37.2 Å². The van der Waals surface area contributed by atoms with Gasteiger partial charge in [-0.05, 0) is 18.9 Å². The number of rotatable bonds is 0. The number of urea groups is 1. The van der Waals surface area contributed by atoms with Crippen LogP contribution in [0, 0.1) is 0 Å². The molecule has 2 aliphatic heterocycles. The zero-order chi connectivity index (χ0) is 14.7. The van der Waals surface area contributed by atoms with Gasteiger partial charge in [0.05, 0.1) is 11.4 Å². The van der Waals surface area contributed by atoms with E-state index in [2.05, 4.69) is 5.16 Å². The van der Waals surface area contributed by atoms with Crippen LogP contribution in [0.4, 0.5) is 10.5 Å².